The highest BCUT2D eigenvalue weighted by Crippen LogP contribution is 2.23. The summed E-state index contributed by atoms with van der Waals surface area (Å²) in [5.41, 5.74) is -0.198. The number of amides is 2. The number of carbonyl (C=O) groups excluding carboxylic acids is 4. The molecule has 0 aromatic carbocycles. The molecule has 2 N–H and O–H groups in total. The second-order valence-electron chi connectivity index (χ2n) is 9.52. The molecule has 0 spiro atoms. The normalized spacial score (nSPS) is 18.7. The Bertz CT molecular complexity index is 812. The van der Waals surface area contributed by atoms with E-state index in [9.17, 15) is 19.2 Å². The molecule has 2 atom stereocenters. The number of aromatic nitrogens is 1. The summed E-state index contributed by atoms with van der Waals surface area (Å²) in [4.78, 5) is 55.5. The third-order valence-corrected chi connectivity index (χ3v) is 5.95. The van der Waals surface area contributed by atoms with Crippen LogP contribution in [0.25, 0.3) is 0 Å². The summed E-state index contributed by atoms with van der Waals surface area (Å²) >= 11 is 1.51. The zero-order valence-corrected chi connectivity index (χ0v) is 19.8. The van der Waals surface area contributed by atoms with Crippen LogP contribution in [0.4, 0.5) is 4.79 Å². The van der Waals surface area contributed by atoms with Crippen molar-refractivity contribution >= 4 is 34.9 Å². The number of Topliss-reactive ketones (excluding diaryl/α,β-unsaturated/α-hetero) is 2. The molecular formula is C22H33N3O5S. The molecule has 172 valence electrons. The van der Waals surface area contributed by atoms with E-state index < -0.39 is 29.7 Å². The van der Waals surface area contributed by atoms with Crippen LogP contribution < -0.4 is 10.6 Å². The standard InChI is InChI=1S/C22H33N3O5S/c1-13(2)18(25-21(29)30-12-22(3,4)5)16(26)10-14-9-15-11-24-17(31-15)7-6-8-23-20(28)19(14)27/h11,13-14,18H,6-10,12H2,1-5H3,(H,23,28)(H,25,29). The minimum atomic E-state index is -0.807. The lowest BCUT2D eigenvalue weighted by Gasteiger charge is -2.24. The van der Waals surface area contributed by atoms with Gasteiger partial charge in [0.25, 0.3) is 5.91 Å². The van der Waals surface area contributed by atoms with Gasteiger partial charge in [-0.2, -0.15) is 0 Å². The zero-order valence-electron chi connectivity index (χ0n) is 18.9. The molecule has 1 aromatic rings. The number of ether oxygens (including phenoxy) is 1. The van der Waals surface area contributed by atoms with E-state index in [2.05, 4.69) is 15.6 Å². The van der Waals surface area contributed by atoms with Crippen LogP contribution >= 0.6 is 11.3 Å². The molecule has 2 amide bonds. The third kappa shape index (κ3) is 8.05. The highest BCUT2D eigenvalue weighted by molar-refractivity contribution is 7.11. The molecule has 31 heavy (non-hydrogen) atoms. The Morgan fingerprint density at radius 3 is 2.68 bits per heavy atom. The van der Waals surface area contributed by atoms with Crippen molar-refractivity contribution in [2.45, 2.75) is 66.3 Å². The van der Waals surface area contributed by atoms with Crippen molar-refractivity contribution in [2.75, 3.05) is 13.2 Å². The van der Waals surface area contributed by atoms with Crippen LogP contribution in [0.5, 0.6) is 0 Å². The minimum Gasteiger partial charge on any atom is -0.449 e. The predicted molar refractivity (Wildman–Crippen MR) is 118 cm³/mol. The van der Waals surface area contributed by atoms with Crippen LogP contribution in [0.1, 0.15) is 57.3 Å². The lowest BCUT2D eigenvalue weighted by atomic mass is 9.88. The summed E-state index contributed by atoms with van der Waals surface area (Å²) in [5, 5.41) is 6.22. The Morgan fingerprint density at radius 2 is 2.03 bits per heavy atom. The number of nitrogens with zero attached hydrogens (tertiary/aromatic N) is 1. The van der Waals surface area contributed by atoms with Gasteiger partial charge in [0, 0.05) is 36.4 Å². The first-order chi connectivity index (χ1) is 14.5. The molecular weight excluding hydrogens is 418 g/mol. The summed E-state index contributed by atoms with van der Waals surface area (Å²) in [6.07, 6.45) is 2.62. The number of ketones is 2. The summed E-state index contributed by atoms with van der Waals surface area (Å²) in [7, 11) is 0. The van der Waals surface area contributed by atoms with Crippen LogP contribution in [0.3, 0.4) is 0 Å². The van der Waals surface area contributed by atoms with E-state index in [-0.39, 0.29) is 36.6 Å². The second kappa shape index (κ2) is 10.8. The predicted octanol–water partition coefficient (Wildman–Crippen LogP) is 2.69. The fraction of sp³-hybridized carbons (Fsp3) is 0.682. The number of hydrogen-bond donors (Lipinski definition) is 2. The largest absolute Gasteiger partial charge is 0.449 e. The number of aryl methyl sites for hydroxylation is 1. The lowest BCUT2D eigenvalue weighted by Crippen LogP contribution is -2.47. The maximum atomic E-state index is 13.1. The first-order valence-corrected chi connectivity index (χ1v) is 11.5. The number of hydrogen-bond acceptors (Lipinski definition) is 7. The molecule has 8 nitrogen and oxygen atoms in total. The van der Waals surface area contributed by atoms with Crippen molar-refractivity contribution in [1.29, 1.82) is 0 Å². The molecule has 0 saturated carbocycles. The molecule has 2 unspecified atom stereocenters. The molecule has 2 bridgehead atoms. The summed E-state index contributed by atoms with van der Waals surface area (Å²) in [6, 6.07) is -0.807. The topological polar surface area (TPSA) is 114 Å². The van der Waals surface area contributed by atoms with E-state index in [1.165, 1.54) is 11.3 Å². The summed E-state index contributed by atoms with van der Waals surface area (Å²) in [5.74, 6) is -2.57. The fourth-order valence-electron chi connectivity index (χ4n) is 3.21. The minimum absolute atomic E-state index is 0.137. The van der Waals surface area contributed by atoms with Crippen molar-refractivity contribution < 1.29 is 23.9 Å². The maximum absolute atomic E-state index is 13.1. The van der Waals surface area contributed by atoms with Crippen molar-refractivity contribution in [3.05, 3.63) is 16.1 Å². The van der Waals surface area contributed by atoms with Gasteiger partial charge in [0.1, 0.15) is 0 Å². The zero-order chi connectivity index (χ0) is 23.2. The van der Waals surface area contributed by atoms with E-state index in [0.29, 0.717) is 13.0 Å². The van der Waals surface area contributed by atoms with E-state index in [1.54, 1.807) is 6.20 Å². The first kappa shape index (κ1) is 25.0. The highest BCUT2D eigenvalue weighted by atomic mass is 32.1. The Labute approximate surface area is 187 Å². The van der Waals surface area contributed by atoms with E-state index >= 15 is 0 Å². The van der Waals surface area contributed by atoms with Gasteiger partial charge in [0.15, 0.2) is 5.78 Å². The molecule has 0 aliphatic carbocycles. The Morgan fingerprint density at radius 1 is 1.32 bits per heavy atom. The van der Waals surface area contributed by atoms with Gasteiger partial charge in [-0.15, -0.1) is 11.3 Å². The van der Waals surface area contributed by atoms with Gasteiger partial charge in [0.2, 0.25) is 5.78 Å². The van der Waals surface area contributed by atoms with Gasteiger partial charge in [-0.3, -0.25) is 14.4 Å². The van der Waals surface area contributed by atoms with Crippen LogP contribution in [0, 0.1) is 17.3 Å². The van der Waals surface area contributed by atoms with Crippen LogP contribution in [-0.2, 0) is 32.0 Å². The van der Waals surface area contributed by atoms with Crippen molar-refractivity contribution in [3.63, 3.8) is 0 Å². The molecule has 2 rings (SSSR count). The quantitative estimate of drug-likeness (QED) is 0.643. The molecule has 0 saturated heterocycles. The summed E-state index contributed by atoms with van der Waals surface area (Å²) in [6.45, 7) is 10.0. The highest BCUT2D eigenvalue weighted by Gasteiger charge is 2.33. The van der Waals surface area contributed by atoms with Gasteiger partial charge in [0.05, 0.1) is 17.7 Å². The van der Waals surface area contributed by atoms with Gasteiger partial charge >= 0.3 is 6.09 Å². The van der Waals surface area contributed by atoms with E-state index in [4.69, 9.17) is 4.74 Å². The monoisotopic (exact) mass is 451 g/mol. The van der Waals surface area contributed by atoms with Crippen molar-refractivity contribution in [2.24, 2.45) is 17.3 Å². The Balaban J connectivity index is 2.12. The van der Waals surface area contributed by atoms with Gasteiger partial charge in [-0.1, -0.05) is 34.6 Å². The molecule has 1 aliphatic rings. The Kier molecular flexibility index (Phi) is 8.73. The average Bonchev–Trinajstić information content (AvgIpc) is 3.11. The molecule has 1 aromatic heterocycles. The number of alkyl carbamates (subject to hydrolysis) is 1. The Hall–Kier alpha value is -2.29. The van der Waals surface area contributed by atoms with Gasteiger partial charge in [-0.05, 0) is 24.2 Å². The summed E-state index contributed by atoms with van der Waals surface area (Å²) < 4.78 is 5.23. The molecule has 1 aliphatic heterocycles. The number of carbonyl (C=O) groups is 4. The molecule has 9 heteroatoms. The van der Waals surface area contributed by atoms with Crippen molar-refractivity contribution in [1.82, 2.24) is 15.6 Å². The average molecular weight is 452 g/mol. The van der Waals surface area contributed by atoms with E-state index in [0.717, 1.165) is 16.3 Å². The molecule has 0 radical (unpaired) electrons. The third-order valence-electron chi connectivity index (χ3n) is 4.87. The molecule has 2 heterocycles. The number of fused-ring (bicyclic) bond motifs is 2. The van der Waals surface area contributed by atoms with E-state index in [1.807, 2.05) is 34.6 Å². The van der Waals surface area contributed by atoms with Crippen LogP contribution in [-0.4, -0.2) is 47.7 Å². The number of thiazole rings is 1. The fourth-order valence-corrected chi connectivity index (χ4v) is 4.26. The van der Waals surface area contributed by atoms with Crippen molar-refractivity contribution in [3.8, 4) is 0 Å². The number of nitrogens with one attached hydrogen (secondary N) is 2. The number of rotatable bonds is 6. The van der Waals surface area contributed by atoms with Crippen LogP contribution in [0.15, 0.2) is 6.20 Å². The van der Waals surface area contributed by atoms with Gasteiger partial charge < -0.3 is 15.4 Å². The second-order valence-corrected chi connectivity index (χ2v) is 10.7. The van der Waals surface area contributed by atoms with Crippen LogP contribution in [0.2, 0.25) is 0 Å². The first-order valence-electron chi connectivity index (χ1n) is 10.7. The maximum Gasteiger partial charge on any atom is 0.407 e. The molecule has 0 fully saturated rings. The smallest absolute Gasteiger partial charge is 0.407 e. The van der Waals surface area contributed by atoms with Gasteiger partial charge in [-0.25, -0.2) is 9.78 Å². The SMILES string of the molecule is CC(C)C(NC(=O)OCC(C)(C)C)C(=O)CC1Cc2cnc(s2)CCCNC(=O)C1=O. The lowest BCUT2D eigenvalue weighted by molar-refractivity contribution is -0.141.